The van der Waals surface area contributed by atoms with Gasteiger partial charge in [-0.3, -0.25) is 4.79 Å². The van der Waals surface area contributed by atoms with Crippen molar-refractivity contribution < 1.29 is 29.6 Å². The van der Waals surface area contributed by atoms with Gasteiger partial charge < -0.3 is 30.1 Å². The third-order valence-corrected chi connectivity index (χ3v) is 6.99. The number of hydrogen-bond acceptors (Lipinski definition) is 8. The molecule has 1 aliphatic rings. The standard InChI is InChI=1S/C32H35N5O6/c33-37-34-20-25-11-4-5-12-28(25)29-32(31(41)35-26(21-39)22-40,17-6-10-23-8-2-1-3-9-23)36-30(43-29)24-13-15-27(16-14-24)42-19-7-18-38/h1-6,8-16,26,29,38-40H,7,17-22H2,(H,35,41)/b10-6+/t29-,32-/m1/s1. The predicted molar refractivity (Wildman–Crippen MR) is 162 cm³/mol. The average Bonchev–Trinajstić information content (AvgIpc) is 3.44. The monoisotopic (exact) mass is 585 g/mol. The quantitative estimate of drug-likeness (QED) is 0.0906. The van der Waals surface area contributed by atoms with Gasteiger partial charge in [0.1, 0.15) is 5.75 Å². The number of nitrogens with zero attached hydrogens (tertiary/aromatic N) is 4. The number of amides is 1. The molecular weight excluding hydrogens is 550 g/mol. The highest BCUT2D eigenvalue weighted by atomic mass is 16.5. The van der Waals surface area contributed by atoms with Crippen molar-refractivity contribution in [3.63, 3.8) is 0 Å². The fourth-order valence-electron chi connectivity index (χ4n) is 4.73. The fraction of sp³-hybridized carbons (Fsp3) is 0.312. The molecule has 0 saturated heterocycles. The van der Waals surface area contributed by atoms with E-state index < -0.39 is 36.8 Å². The summed E-state index contributed by atoms with van der Waals surface area (Å²) >= 11 is 0. The lowest BCUT2D eigenvalue weighted by Crippen LogP contribution is -2.53. The van der Waals surface area contributed by atoms with Crippen LogP contribution in [0.15, 0.2) is 95.0 Å². The molecule has 0 aliphatic carbocycles. The first kappa shape index (κ1) is 31.3. The molecule has 4 rings (SSSR count). The molecule has 0 radical (unpaired) electrons. The molecule has 1 amide bonds. The van der Waals surface area contributed by atoms with Crippen LogP contribution in [0.25, 0.3) is 16.5 Å². The highest BCUT2D eigenvalue weighted by molar-refractivity contribution is 6.01. The molecule has 11 heteroatoms. The van der Waals surface area contributed by atoms with Gasteiger partial charge in [-0.15, -0.1) is 0 Å². The van der Waals surface area contributed by atoms with Crippen LogP contribution in [-0.2, 0) is 16.1 Å². The lowest BCUT2D eigenvalue weighted by Gasteiger charge is -2.32. The first-order valence-corrected chi connectivity index (χ1v) is 14.0. The lowest BCUT2D eigenvalue weighted by molar-refractivity contribution is -0.130. The summed E-state index contributed by atoms with van der Waals surface area (Å²) in [4.78, 5) is 22.0. The summed E-state index contributed by atoms with van der Waals surface area (Å²) in [6.07, 6.45) is 3.42. The molecular formula is C32H35N5O6. The van der Waals surface area contributed by atoms with Crippen molar-refractivity contribution >= 4 is 17.9 Å². The number of ether oxygens (including phenoxy) is 2. The molecule has 224 valence electrons. The highest BCUT2D eigenvalue weighted by Gasteiger charge is 2.53. The van der Waals surface area contributed by atoms with Crippen LogP contribution in [0, 0.1) is 0 Å². The SMILES string of the molecule is [N-]=[N+]=NCc1ccccc1[C@H]1OC(c2ccc(OCCCO)cc2)=N[C@@]1(C/C=C/c1ccccc1)C(=O)NC(CO)CO. The molecule has 43 heavy (non-hydrogen) atoms. The van der Waals surface area contributed by atoms with E-state index in [1.807, 2.05) is 60.7 Å². The van der Waals surface area contributed by atoms with Crippen LogP contribution in [0.4, 0.5) is 0 Å². The number of aliphatic imine (C=N–C) groups is 1. The molecule has 4 N–H and O–H groups in total. The van der Waals surface area contributed by atoms with E-state index in [1.54, 1.807) is 30.3 Å². The first-order chi connectivity index (χ1) is 21.0. The highest BCUT2D eigenvalue weighted by Crippen LogP contribution is 2.44. The first-order valence-electron chi connectivity index (χ1n) is 14.0. The minimum absolute atomic E-state index is 0.0293. The number of azide groups is 1. The Morgan fingerprint density at radius 1 is 1.07 bits per heavy atom. The minimum Gasteiger partial charge on any atom is -0.494 e. The van der Waals surface area contributed by atoms with E-state index in [0.717, 1.165) is 5.56 Å². The van der Waals surface area contributed by atoms with E-state index in [4.69, 9.17) is 25.1 Å². The van der Waals surface area contributed by atoms with Gasteiger partial charge in [0.15, 0.2) is 11.6 Å². The summed E-state index contributed by atoms with van der Waals surface area (Å²) in [5.41, 5.74) is 10.3. The number of nitrogens with one attached hydrogen (secondary N) is 1. The van der Waals surface area contributed by atoms with E-state index in [0.29, 0.717) is 35.5 Å². The zero-order chi connectivity index (χ0) is 30.5. The number of hydrogen-bond donors (Lipinski definition) is 4. The Morgan fingerprint density at radius 2 is 1.79 bits per heavy atom. The molecule has 11 nitrogen and oxygen atoms in total. The Bertz CT molecular complexity index is 1450. The summed E-state index contributed by atoms with van der Waals surface area (Å²) in [7, 11) is 0. The van der Waals surface area contributed by atoms with Gasteiger partial charge in [0.05, 0.1) is 32.4 Å². The van der Waals surface area contributed by atoms with Crippen LogP contribution in [-0.4, -0.2) is 65.1 Å². The number of rotatable bonds is 15. The molecule has 0 fully saturated rings. The van der Waals surface area contributed by atoms with E-state index in [9.17, 15) is 15.0 Å². The van der Waals surface area contributed by atoms with Gasteiger partial charge in [-0.1, -0.05) is 71.9 Å². The van der Waals surface area contributed by atoms with Gasteiger partial charge >= 0.3 is 0 Å². The Balaban J connectivity index is 1.81. The molecule has 2 atom stereocenters. The molecule has 0 unspecified atom stereocenters. The third-order valence-electron chi connectivity index (χ3n) is 6.99. The summed E-state index contributed by atoms with van der Waals surface area (Å²) in [5, 5.41) is 35.0. The fourth-order valence-corrected chi connectivity index (χ4v) is 4.73. The molecule has 1 heterocycles. The number of benzene rings is 3. The van der Waals surface area contributed by atoms with Crippen molar-refractivity contribution in [2.75, 3.05) is 26.4 Å². The molecule has 0 aromatic heterocycles. The number of carbonyl (C=O) groups excluding carboxylic acids is 1. The maximum Gasteiger partial charge on any atom is 0.253 e. The molecule has 3 aromatic rings. The van der Waals surface area contributed by atoms with Crippen LogP contribution >= 0.6 is 0 Å². The van der Waals surface area contributed by atoms with Crippen molar-refractivity contribution in [1.82, 2.24) is 5.32 Å². The second kappa shape index (κ2) is 15.5. The second-order valence-electron chi connectivity index (χ2n) is 9.93. The van der Waals surface area contributed by atoms with Crippen molar-refractivity contribution in [1.29, 1.82) is 0 Å². The number of aliphatic hydroxyl groups is 3. The smallest absolute Gasteiger partial charge is 0.253 e. The summed E-state index contributed by atoms with van der Waals surface area (Å²) < 4.78 is 12.2. The zero-order valence-corrected chi connectivity index (χ0v) is 23.6. The Labute approximate surface area is 249 Å². The van der Waals surface area contributed by atoms with Crippen LogP contribution in [0.5, 0.6) is 5.75 Å². The van der Waals surface area contributed by atoms with Gasteiger partial charge in [-0.2, -0.15) is 0 Å². The largest absolute Gasteiger partial charge is 0.494 e. The molecule has 0 bridgehead atoms. The predicted octanol–water partition coefficient (Wildman–Crippen LogP) is 4.09. The second-order valence-corrected chi connectivity index (χ2v) is 9.93. The Morgan fingerprint density at radius 3 is 2.49 bits per heavy atom. The lowest BCUT2D eigenvalue weighted by atomic mass is 9.82. The van der Waals surface area contributed by atoms with Gasteiger partial charge in [-0.05, 0) is 46.5 Å². The van der Waals surface area contributed by atoms with Gasteiger partial charge in [0.25, 0.3) is 5.91 Å². The molecule has 0 spiro atoms. The Hall–Kier alpha value is -4.67. The number of carbonyl (C=O) groups is 1. The molecule has 1 aliphatic heterocycles. The van der Waals surface area contributed by atoms with Crippen molar-refractivity contribution in [3.8, 4) is 5.75 Å². The maximum atomic E-state index is 14.1. The van der Waals surface area contributed by atoms with E-state index in [1.165, 1.54) is 0 Å². The van der Waals surface area contributed by atoms with E-state index >= 15 is 0 Å². The maximum absolute atomic E-state index is 14.1. The number of aliphatic hydroxyl groups excluding tert-OH is 3. The average molecular weight is 586 g/mol. The van der Waals surface area contributed by atoms with Crippen molar-refractivity contribution in [2.24, 2.45) is 10.1 Å². The van der Waals surface area contributed by atoms with Crippen LogP contribution < -0.4 is 10.1 Å². The van der Waals surface area contributed by atoms with Crippen molar-refractivity contribution in [2.45, 2.75) is 37.1 Å². The minimum atomic E-state index is -1.55. The van der Waals surface area contributed by atoms with E-state index in [2.05, 4.69) is 15.3 Å². The van der Waals surface area contributed by atoms with Gasteiger partial charge in [-0.25, -0.2) is 4.99 Å². The third kappa shape index (κ3) is 7.79. The summed E-state index contributed by atoms with van der Waals surface area (Å²) in [6.45, 7) is -0.501. The summed E-state index contributed by atoms with van der Waals surface area (Å²) in [5.74, 6) is 0.287. The molecule has 3 aromatic carbocycles. The van der Waals surface area contributed by atoms with Crippen LogP contribution in [0.1, 0.15) is 41.2 Å². The Kier molecular flexibility index (Phi) is 11.3. The summed E-state index contributed by atoms with van der Waals surface area (Å²) in [6, 6.07) is 23.0. The van der Waals surface area contributed by atoms with Crippen molar-refractivity contribution in [3.05, 3.63) is 118 Å². The van der Waals surface area contributed by atoms with Crippen LogP contribution in [0.3, 0.4) is 0 Å². The topological polar surface area (TPSA) is 169 Å². The van der Waals surface area contributed by atoms with Crippen LogP contribution in [0.2, 0.25) is 0 Å². The van der Waals surface area contributed by atoms with E-state index in [-0.39, 0.29) is 25.5 Å². The molecule has 0 saturated carbocycles. The van der Waals surface area contributed by atoms with Gasteiger partial charge in [0, 0.05) is 29.9 Å². The van der Waals surface area contributed by atoms with Gasteiger partial charge in [0.2, 0.25) is 5.90 Å². The normalized spacial score (nSPS) is 17.8. The zero-order valence-electron chi connectivity index (χ0n) is 23.6.